The summed E-state index contributed by atoms with van der Waals surface area (Å²) in [6.07, 6.45) is -3.43. The summed E-state index contributed by atoms with van der Waals surface area (Å²) in [5.74, 6) is -0.794. The van der Waals surface area contributed by atoms with Gasteiger partial charge < -0.3 is 30.9 Å². The fourth-order valence-corrected chi connectivity index (χ4v) is 3.46. The molecule has 2 aromatic heterocycles. The van der Waals surface area contributed by atoms with Crippen LogP contribution in [0.15, 0.2) is 72.9 Å². The molecule has 4 aromatic rings. The number of amides is 3. The lowest BCUT2D eigenvalue weighted by Gasteiger charge is -2.17. The second-order valence-corrected chi connectivity index (χ2v) is 7.78. The Balaban J connectivity index is 1.45. The molecule has 0 aliphatic carbocycles. The number of halogens is 3. The van der Waals surface area contributed by atoms with Gasteiger partial charge >= 0.3 is 12.2 Å². The first kappa shape index (κ1) is 25.9. The number of aromatic hydroxyl groups is 2. The highest BCUT2D eigenvalue weighted by atomic mass is 19.4. The highest BCUT2D eigenvalue weighted by molar-refractivity contribution is 6.00. The maximum Gasteiger partial charge on any atom is 0.418 e. The molecule has 2 aromatic carbocycles. The maximum atomic E-state index is 13.7. The Hall–Kier alpha value is -5.20. The molecule has 10 nitrogen and oxygen atoms in total. The van der Waals surface area contributed by atoms with E-state index in [1.807, 2.05) is 0 Å². The molecule has 0 aliphatic rings. The Morgan fingerprint density at radius 2 is 1.50 bits per heavy atom. The number of nitrogens with one attached hydrogen (secondary N) is 3. The Labute approximate surface area is 213 Å². The lowest BCUT2D eigenvalue weighted by atomic mass is 10.1. The van der Waals surface area contributed by atoms with E-state index in [9.17, 15) is 33.0 Å². The van der Waals surface area contributed by atoms with Gasteiger partial charge in [-0.2, -0.15) is 13.2 Å². The van der Waals surface area contributed by atoms with Gasteiger partial charge in [0.1, 0.15) is 17.2 Å². The number of pyridine rings is 1. The summed E-state index contributed by atoms with van der Waals surface area (Å²) < 4.78 is 47.4. The molecule has 2 heterocycles. The van der Waals surface area contributed by atoms with Crippen LogP contribution in [-0.2, 0) is 6.18 Å². The van der Waals surface area contributed by atoms with Crippen molar-refractivity contribution in [2.45, 2.75) is 6.18 Å². The van der Waals surface area contributed by atoms with Crippen LogP contribution in [0, 0.1) is 0 Å². The van der Waals surface area contributed by atoms with Crippen LogP contribution < -0.4 is 20.7 Å². The van der Waals surface area contributed by atoms with Crippen molar-refractivity contribution in [1.82, 2.24) is 14.9 Å². The predicted molar refractivity (Wildman–Crippen MR) is 131 cm³/mol. The predicted octanol–water partition coefficient (Wildman–Crippen LogP) is 5.10. The first-order chi connectivity index (χ1) is 18.0. The fraction of sp³-hybridized carbons (Fsp3) is 0.0800. The minimum Gasteiger partial charge on any atom is -0.494 e. The smallest absolute Gasteiger partial charge is 0.418 e. The second-order valence-electron chi connectivity index (χ2n) is 7.78. The Morgan fingerprint density at radius 3 is 2.13 bits per heavy atom. The molecule has 0 radical (unpaired) electrons. The zero-order chi connectivity index (χ0) is 27.4. The van der Waals surface area contributed by atoms with Crippen molar-refractivity contribution in [2.75, 3.05) is 17.7 Å². The van der Waals surface area contributed by atoms with Crippen LogP contribution in [0.2, 0.25) is 0 Å². The van der Waals surface area contributed by atoms with Crippen LogP contribution in [0.1, 0.15) is 16.1 Å². The Morgan fingerprint density at radius 1 is 0.868 bits per heavy atom. The van der Waals surface area contributed by atoms with Crippen molar-refractivity contribution in [2.24, 2.45) is 0 Å². The van der Waals surface area contributed by atoms with E-state index in [0.29, 0.717) is 27.8 Å². The molecule has 0 aliphatic heterocycles. The third kappa shape index (κ3) is 5.78. The van der Waals surface area contributed by atoms with Crippen LogP contribution in [0.4, 0.5) is 29.3 Å². The first-order valence-electron chi connectivity index (χ1n) is 10.9. The zero-order valence-electron chi connectivity index (χ0n) is 19.6. The summed E-state index contributed by atoms with van der Waals surface area (Å²) in [6.45, 7) is 0. The highest BCUT2D eigenvalue weighted by Gasteiger charge is 2.35. The molecule has 0 unspecified atom stereocenters. The van der Waals surface area contributed by atoms with Gasteiger partial charge in [0.15, 0.2) is 11.8 Å². The van der Waals surface area contributed by atoms with Crippen molar-refractivity contribution in [3.05, 3.63) is 84.2 Å². The van der Waals surface area contributed by atoms with E-state index in [1.54, 1.807) is 18.2 Å². The van der Waals surface area contributed by atoms with Crippen molar-refractivity contribution >= 4 is 23.3 Å². The van der Waals surface area contributed by atoms with Crippen LogP contribution in [0.25, 0.3) is 5.69 Å². The van der Waals surface area contributed by atoms with Crippen LogP contribution in [0.3, 0.4) is 0 Å². The minimum absolute atomic E-state index is 0.170. The van der Waals surface area contributed by atoms with E-state index in [0.717, 1.165) is 18.2 Å². The number of carbonyl (C=O) groups is 2. The molecule has 38 heavy (non-hydrogen) atoms. The number of rotatable bonds is 6. The molecule has 4 rings (SSSR count). The van der Waals surface area contributed by atoms with Gasteiger partial charge in [0.25, 0.3) is 5.91 Å². The number of aromatic nitrogens is 2. The van der Waals surface area contributed by atoms with Crippen LogP contribution in [-0.4, -0.2) is 38.8 Å². The number of hydrogen-bond donors (Lipinski definition) is 5. The van der Waals surface area contributed by atoms with Gasteiger partial charge in [0.05, 0.1) is 11.3 Å². The quantitative estimate of drug-likeness (QED) is 0.237. The summed E-state index contributed by atoms with van der Waals surface area (Å²) >= 11 is 0. The van der Waals surface area contributed by atoms with Crippen LogP contribution >= 0.6 is 0 Å². The zero-order valence-corrected chi connectivity index (χ0v) is 19.6. The van der Waals surface area contributed by atoms with E-state index in [1.165, 1.54) is 37.5 Å². The Kier molecular flexibility index (Phi) is 7.10. The summed E-state index contributed by atoms with van der Waals surface area (Å²) in [5.41, 5.74) is -1.38. The molecular formula is C25H20F3N5O5. The van der Waals surface area contributed by atoms with Gasteiger partial charge in [-0.15, -0.1) is 0 Å². The standard InChI is InChI=1S/C25H20F3N5O5/c1-29-23(36)19-13-17(10-11-30-19)38-16-5-2-14(3-6-16)31-24(37)32-15-4-7-20(18(12-15)25(26,27)28)33-21(34)8-9-22(33)35/h2-13,34-35H,1H3,(H,29,36)(H2,31,32,37). The normalized spacial score (nSPS) is 11.1. The molecule has 3 amide bonds. The fourth-order valence-electron chi connectivity index (χ4n) is 3.46. The van der Waals surface area contributed by atoms with Gasteiger partial charge in [-0.1, -0.05) is 0 Å². The van der Waals surface area contributed by atoms with Crippen molar-refractivity contribution in [3.63, 3.8) is 0 Å². The molecule has 196 valence electrons. The van der Waals surface area contributed by atoms with Crippen LogP contribution in [0.5, 0.6) is 23.3 Å². The number of nitrogens with zero attached hydrogens (tertiary/aromatic N) is 2. The van der Waals surface area contributed by atoms with E-state index in [4.69, 9.17) is 4.74 Å². The number of ether oxygens (including phenoxy) is 1. The minimum atomic E-state index is -4.85. The topological polar surface area (TPSA) is 138 Å². The average Bonchev–Trinajstić information content (AvgIpc) is 3.22. The summed E-state index contributed by atoms with van der Waals surface area (Å²) in [6, 6.07) is 13.3. The molecule has 5 N–H and O–H groups in total. The summed E-state index contributed by atoms with van der Waals surface area (Å²) in [4.78, 5) is 28.1. The molecular weight excluding hydrogens is 507 g/mol. The number of benzene rings is 2. The molecule has 0 saturated heterocycles. The summed E-state index contributed by atoms with van der Waals surface area (Å²) in [5, 5.41) is 26.9. The van der Waals surface area contributed by atoms with E-state index >= 15 is 0 Å². The van der Waals surface area contributed by atoms with Gasteiger partial charge in [0.2, 0.25) is 0 Å². The highest BCUT2D eigenvalue weighted by Crippen LogP contribution is 2.39. The molecule has 0 spiro atoms. The first-order valence-corrected chi connectivity index (χ1v) is 10.9. The summed E-state index contributed by atoms with van der Waals surface area (Å²) in [7, 11) is 1.48. The molecule has 0 fully saturated rings. The molecule has 0 saturated carbocycles. The van der Waals surface area contributed by atoms with E-state index < -0.39 is 35.2 Å². The SMILES string of the molecule is CNC(=O)c1cc(Oc2ccc(NC(=O)Nc3ccc(-n4c(O)ccc4O)c(C(F)(F)F)c3)cc2)ccn1. The van der Waals surface area contributed by atoms with Crippen molar-refractivity contribution < 1.29 is 37.7 Å². The van der Waals surface area contributed by atoms with Crippen molar-refractivity contribution in [3.8, 4) is 28.9 Å². The molecule has 0 atom stereocenters. The largest absolute Gasteiger partial charge is 0.494 e. The molecule has 13 heteroatoms. The lowest BCUT2D eigenvalue weighted by molar-refractivity contribution is -0.137. The number of hydrogen-bond acceptors (Lipinski definition) is 6. The number of alkyl halides is 3. The number of carbonyl (C=O) groups excluding carboxylic acids is 2. The van der Waals surface area contributed by atoms with Crippen molar-refractivity contribution in [1.29, 1.82) is 0 Å². The molecule has 0 bridgehead atoms. The third-order valence-electron chi connectivity index (χ3n) is 5.18. The maximum absolute atomic E-state index is 13.7. The van der Waals surface area contributed by atoms with Gasteiger partial charge in [-0.3, -0.25) is 14.3 Å². The average molecular weight is 527 g/mol. The Bertz CT molecular complexity index is 1470. The third-order valence-corrected chi connectivity index (χ3v) is 5.18. The van der Waals surface area contributed by atoms with E-state index in [-0.39, 0.29) is 17.3 Å². The number of urea groups is 1. The monoisotopic (exact) mass is 527 g/mol. The van der Waals surface area contributed by atoms with E-state index in [2.05, 4.69) is 20.9 Å². The number of anilines is 2. The van der Waals surface area contributed by atoms with Gasteiger partial charge in [-0.05, 0) is 48.5 Å². The lowest BCUT2D eigenvalue weighted by Crippen LogP contribution is -2.20. The van der Waals surface area contributed by atoms with Gasteiger partial charge in [-0.25, -0.2) is 4.79 Å². The second kappa shape index (κ2) is 10.4. The van der Waals surface area contributed by atoms with Gasteiger partial charge in [0, 0.05) is 42.8 Å².